The van der Waals surface area contributed by atoms with E-state index in [1.807, 2.05) is 0 Å². The van der Waals surface area contributed by atoms with Gasteiger partial charge < -0.3 is 14.8 Å². The molecule has 0 bridgehead atoms. The third-order valence-electron chi connectivity index (χ3n) is 4.09. The highest BCUT2D eigenvalue weighted by atomic mass is 16.5. The van der Waals surface area contributed by atoms with Crippen LogP contribution in [0.5, 0.6) is 0 Å². The van der Waals surface area contributed by atoms with E-state index in [0.717, 1.165) is 45.9 Å². The topological polar surface area (TPSA) is 30.5 Å². The summed E-state index contributed by atoms with van der Waals surface area (Å²) in [5.41, 5.74) is 0. The molecule has 0 spiro atoms. The molecule has 0 amide bonds. The molecule has 0 radical (unpaired) electrons. The summed E-state index contributed by atoms with van der Waals surface area (Å²) in [7, 11) is 0. The van der Waals surface area contributed by atoms with E-state index in [0.29, 0.717) is 0 Å². The highest BCUT2D eigenvalue weighted by Crippen LogP contribution is 2.11. The van der Waals surface area contributed by atoms with Gasteiger partial charge in [0.05, 0.1) is 13.2 Å². The zero-order valence-electron chi connectivity index (χ0n) is 16.0. The summed E-state index contributed by atoms with van der Waals surface area (Å²) >= 11 is 0. The Balaban J connectivity index is 2.92. The molecule has 0 saturated heterocycles. The molecule has 0 saturated carbocycles. The summed E-state index contributed by atoms with van der Waals surface area (Å²) in [4.78, 5) is 0. The van der Waals surface area contributed by atoms with Gasteiger partial charge in [-0.05, 0) is 12.8 Å². The second-order valence-electron chi connectivity index (χ2n) is 6.51. The third-order valence-corrected chi connectivity index (χ3v) is 4.09. The Morgan fingerprint density at radius 2 is 0.957 bits per heavy atom. The zero-order valence-corrected chi connectivity index (χ0v) is 16.0. The summed E-state index contributed by atoms with van der Waals surface area (Å²) in [6.45, 7) is 9.72. The van der Waals surface area contributed by atoms with Crippen molar-refractivity contribution in [2.75, 3.05) is 39.5 Å². The summed E-state index contributed by atoms with van der Waals surface area (Å²) in [6, 6.07) is 0. The van der Waals surface area contributed by atoms with E-state index in [2.05, 4.69) is 19.2 Å². The second-order valence-corrected chi connectivity index (χ2v) is 6.51. The highest BCUT2D eigenvalue weighted by molar-refractivity contribution is 4.49. The number of ether oxygens (including phenoxy) is 2. The van der Waals surface area contributed by atoms with Crippen LogP contribution in [0.1, 0.15) is 90.9 Å². The fraction of sp³-hybridized carbons (Fsp3) is 1.00. The van der Waals surface area contributed by atoms with Crippen molar-refractivity contribution >= 4 is 0 Å². The molecule has 23 heavy (non-hydrogen) atoms. The number of hydrogen-bond acceptors (Lipinski definition) is 3. The lowest BCUT2D eigenvalue weighted by molar-refractivity contribution is 0.119. The molecule has 0 aromatic heterocycles. The van der Waals surface area contributed by atoms with E-state index in [-0.39, 0.29) is 0 Å². The molecule has 3 nitrogen and oxygen atoms in total. The van der Waals surface area contributed by atoms with E-state index in [1.54, 1.807) is 0 Å². The summed E-state index contributed by atoms with van der Waals surface area (Å²) < 4.78 is 11.0. The number of nitrogens with one attached hydrogen (secondary N) is 1. The molecular weight excluding hydrogens is 286 g/mol. The van der Waals surface area contributed by atoms with Gasteiger partial charge in [-0.25, -0.2) is 0 Å². The maximum absolute atomic E-state index is 5.64. The lowest BCUT2D eigenvalue weighted by Crippen LogP contribution is -2.24. The fourth-order valence-electron chi connectivity index (χ4n) is 2.63. The van der Waals surface area contributed by atoms with Crippen molar-refractivity contribution in [1.82, 2.24) is 5.32 Å². The van der Waals surface area contributed by atoms with E-state index in [9.17, 15) is 0 Å². The Hall–Kier alpha value is -0.120. The predicted molar refractivity (Wildman–Crippen MR) is 101 cm³/mol. The smallest absolute Gasteiger partial charge is 0.0590 e. The Labute approximate surface area is 145 Å². The molecule has 0 aliphatic heterocycles. The van der Waals surface area contributed by atoms with Crippen LogP contribution in [-0.2, 0) is 9.47 Å². The van der Waals surface area contributed by atoms with Crippen molar-refractivity contribution in [3.05, 3.63) is 0 Å². The van der Waals surface area contributed by atoms with Crippen molar-refractivity contribution in [1.29, 1.82) is 0 Å². The van der Waals surface area contributed by atoms with Gasteiger partial charge in [0, 0.05) is 26.3 Å². The quantitative estimate of drug-likeness (QED) is 0.306. The first kappa shape index (κ1) is 22.9. The van der Waals surface area contributed by atoms with Crippen LogP contribution in [0.2, 0.25) is 0 Å². The monoisotopic (exact) mass is 329 g/mol. The summed E-state index contributed by atoms with van der Waals surface area (Å²) in [6.07, 6.45) is 16.4. The Morgan fingerprint density at radius 1 is 0.478 bits per heavy atom. The average molecular weight is 330 g/mol. The Morgan fingerprint density at radius 3 is 1.48 bits per heavy atom. The van der Waals surface area contributed by atoms with E-state index >= 15 is 0 Å². The molecule has 0 rings (SSSR count). The lowest BCUT2D eigenvalue weighted by Gasteiger charge is -2.07. The molecule has 0 aliphatic carbocycles. The molecular formula is C20H43NO2. The van der Waals surface area contributed by atoms with E-state index < -0.39 is 0 Å². The molecule has 0 aromatic rings. The van der Waals surface area contributed by atoms with Crippen molar-refractivity contribution in [2.24, 2.45) is 0 Å². The van der Waals surface area contributed by atoms with Gasteiger partial charge >= 0.3 is 0 Å². The number of rotatable bonds is 20. The van der Waals surface area contributed by atoms with Crippen LogP contribution in [0.3, 0.4) is 0 Å². The first-order chi connectivity index (χ1) is 11.4. The Kier molecular flexibility index (Phi) is 21.8. The molecule has 0 unspecified atom stereocenters. The summed E-state index contributed by atoms with van der Waals surface area (Å²) in [5, 5.41) is 3.34. The van der Waals surface area contributed by atoms with E-state index in [4.69, 9.17) is 9.47 Å². The molecule has 0 aliphatic rings. The fourth-order valence-corrected chi connectivity index (χ4v) is 2.63. The molecule has 0 fully saturated rings. The zero-order chi connectivity index (χ0) is 16.8. The maximum Gasteiger partial charge on any atom is 0.0590 e. The van der Waals surface area contributed by atoms with Gasteiger partial charge in [-0.3, -0.25) is 0 Å². The lowest BCUT2D eigenvalue weighted by atomic mass is 10.1. The molecule has 0 atom stereocenters. The van der Waals surface area contributed by atoms with Gasteiger partial charge in [-0.2, -0.15) is 0 Å². The first-order valence-electron chi connectivity index (χ1n) is 10.3. The van der Waals surface area contributed by atoms with Crippen LogP contribution in [0.15, 0.2) is 0 Å². The molecule has 140 valence electrons. The largest absolute Gasteiger partial charge is 0.380 e. The third kappa shape index (κ3) is 21.9. The van der Waals surface area contributed by atoms with Crippen molar-refractivity contribution < 1.29 is 9.47 Å². The molecule has 1 N–H and O–H groups in total. The number of unbranched alkanes of at least 4 members (excludes halogenated alkanes) is 10. The van der Waals surface area contributed by atoms with Crippen LogP contribution in [0.25, 0.3) is 0 Å². The van der Waals surface area contributed by atoms with Crippen LogP contribution >= 0.6 is 0 Å². The highest BCUT2D eigenvalue weighted by Gasteiger charge is 1.94. The maximum atomic E-state index is 5.64. The van der Waals surface area contributed by atoms with Crippen LogP contribution in [0, 0.1) is 0 Å². The van der Waals surface area contributed by atoms with Crippen LogP contribution in [-0.4, -0.2) is 39.5 Å². The minimum atomic E-state index is 0.812. The predicted octanol–water partition coefficient (Wildman–Crippen LogP) is 5.33. The van der Waals surface area contributed by atoms with Crippen molar-refractivity contribution in [2.45, 2.75) is 90.9 Å². The summed E-state index contributed by atoms with van der Waals surface area (Å²) in [5.74, 6) is 0. The van der Waals surface area contributed by atoms with Gasteiger partial charge in [0.2, 0.25) is 0 Å². The van der Waals surface area contributed by atoms with Gasteiger partial charge in [-0.15, -0.1) is 0 Å². The molecule has 0 heterocycles. The molecule has 3 heteroatoms. The van der Waals surface area contributed by atoms with Gasteiger partial charge in [0.1, 0.15) is 0 Å². The minimum absolute atomic E-state index is 0.812. The van der Waals surface area contributed by atoms with Crippen LogP contribution in [0.4, 0.5) is 0 Å². The van der Waals surface area contributed by atoms with Gasteiger partial charge in [0.25, 0.3) is 0 Å². The van der Waals surface area contributed by atoms with Crippen LogP contribution < -0.4 is 5.32 Å². The number of hydrogen-bond donors (Lipinski definition) is 1. The SMILES string of the molecule is CCCCCCCCCCCCCOCCNCCOCCC. The normalized spacial score (nSPS) is 11.2. The minimum Gasteiger partial charge on any atom is -0.380 e. The second kappa shape index (κ2) is 21.9. The molecule has 0 aromatic carbocycles. The van der Waals surface area contributed by atoms with E-state index in [1.165, 1.54) is 70.6 Å². The standard InChI is InChI=1S/C20H43NO2/c1-3-5-6-7-8-9-10-11-12-13-14-18-23-20-16-21-15-19-22-17-4-2/h21H,3-20H2,1-2H3. The first-order valence-corrected chi connectivity index (χ1v) is 10.3. The van der Waals surface area contributed by atoms with Crippen molar-refractivity contribution in [3.8, 4) is 0 Å². The van der Waals surface area contributed by atoms with Gasteiger partial charge in [-0.1, -0.05) is 78.1 Å². The van der Waals surface area contributed by atoms with Gasteiger partial charge in [0.15, 0.2) is 0 Å². The average Bonchev–Trinajstić information content (AvgIpc) is 2.57. The van der Waals surface area contributed by atoms with Crippen molar-refractivity contribution in [3.63, 3.8) is 0 Å². The Bertz CT molecular complexity index is 180.